The topological polar surface area (TPSA) is 111 Å². The summed E-state index contributed by atoms with van der Waals surface area (Å²) in [5.41, 5.74) is 0. The number of unbranched alkanes of at least 4 members (excludes halogenated alkanes) is 33. The quantitative estimate of drug-likeness (QED) is 0.0195. The van der Waals surface area contributed by atoms with E-state index in [4.69, 9.17) is 18.9 Å². The molecule has 0 aliphatic carbocycles. The van der Waals surface area contributed by atoms with Gasteiger partial charge < -0.3 is 33.3 Å². The van der Waals surface area contributed by atoms with Crippen molar-refractivity contribution >= 4 is 17.9 Å². The lowest BCUT2D eigenvalue weighted by Gasteiger charge is -2.26. The highest BCUT2D eigenvalue weighted by atomic mass is 16.7. The van der Waals surface area contributed by atoms with Gasteiger partial charge in [-0.3, -0.25) is 9.59 Å². The van der Waals surface area contributed by atoms with Crippen LogP contribution in [0.3, 0.4) is 0 Å². The number of nitrogens with zero attached hydrogens (tertiary/aromatic N) is 1. The number of carbonyl (C=O) groups excluding carboxylic acids is 3. The first-order valence-electron chi connectivity index (χ1n) is 33.7. The number of carboxylic acid groups (broad SMARTS) is 1. The number of aliphatic carboxylic acids is 1. The largest absolute Gasteiger partial charge is 0.545 e. The molecule has 81 heavy (non-hydrogen) atoms. The van der Waals surface area contributed by atoms with Crippen LogP contribution < -0.4 is 5.11 Å². The molecule has 0 spiro atoms. The molecule has 0 heterocycles. The van der Waals surface area contributed by atoms with E-state index in [1.165, 1.54) is 180 Å². The van der Waals surface area contributed by atoms with Crippen molar-refractivity contribution in [2.75, 3.05) is 47.5 Å². The SMILES string of the molecule is CC/C=C\C/C=C\C/C=C\C/C=C\CCCCCCCCCCCCCCCCCCCCCCCCCCC(=O)OC(COC(=O)CCCCCCCC/C=C\C/C=C\C/C=C\CCCCC)COC(OCC[N+](C)(C)C)C(=O)[O-]. The number of ether oxygens (including phenoxy) is 4. The summed E-state index contributed by atoms with van der Waals surface area (Å²) in [5, 5.41) is 11.8. The van der Waals surface area contributed by atoms with Gasteiger partial charge in [0.25, 0.3) is 0 Å². The van der Waals surface area contributed by atoms with E-state index in [0.29, 0.717) is 17.4 Å². The lowest BCUT2D eigenvalue weighted by Crippen LogP contribution is -2.44. The molecule has 0 aromatic rings. The molecule has 0 radical (unpaired) electrons. The monoisotopic (exact) mass is 1130 g/mol. The smallest absolute Gasteiger partial charge is 0.306 e. The molecule has 468 valence electrons. The van der Waals surface area contributed by atoms with Crippen LogP contribution in [0, 0.1) is 0 Å². The van der Waals surface area contributed by atoms with Gasteiger partial charge >= 0.3 is 11.9 Å². The van der Waals surface area contributed by atoms with Crippen molar-refractivity contribution in [2.45, 2.75) is 309 Å². The Kier molecular flexibility index (Phi) is 59.8. The second-order valence-electron chi connectivity index (χ2n) is 23.7. The standard InChI is InChI=1S/C72H127NO8/c1-6-8-10-12-14-16-18-20-22-24-26-27-28-29-30-31-32-33-34-35-36-37-38-39-40-41-42-43-45-47-49-51-53-55-57-59-61-63-70(75)81-68(67-80-72(71(76)77)78-65-64-73(3,4)5)66-79-69(74)62-60-58-56-54-52-50-48-46-44-25-23-21-19-17-15-13-11-9-7-2/h8,10,14-17,20-23,26-27,44,46,68,72H,6-7,9,11-13,18-19,24-25,28-43,45,47-67H2,1-5H3/b10-8-,16-14-,17-15-,22-20-,23-21-,27-26-,46-44-. The lowest BCUT2D eigenvalue weighted by molar-refractivity contribution is -0.870. The fraction of sp³-hybridized carbons (Fsp3) is 0.764. The highest BCUT2D eigenvalue weighted by Gasteiger charge is 2.22. The van der Waals surface area contributed by atoms with Crippen molar-refractivity contribution in [3.05, 3.63) is 85.1 Å². The molecule has 0 aliphatic rings. The predicted molar refractivity (Wildman–Crippen MR) is 343 cm³/mol. The first-order valence-corrected chi connectivity index (χ1v) is 33.7. The summed E-state index contributed by atoms with van der Waals surface area (Å²) in [4.78, 5) is 37.4. The zero-order valence-corrected chi connectivity index (χ0v) is 53.4. The maximum Gasteiger partial charge on any atom is 0.306 e. The van der Waals surface area contributed by atoms with E-state index in [1.54, 1.807) is 0 Å². The molecule has 0 aromatic carbocycles. The van der Waals surface area contributed by atoms with Crippen LogP contribution in [0.2, 0.25) is 0 Å². The third kappa shape index (κ3) is 63.9. The average molecular weight is 1130 g/mol. The average Bonchev–Trinajstić information content (AvgIpc) is 3.44. The Morgan fingerprint density at radius 3 is 1.05 bits per heavy atom. The minimum absolute atomic E-state index is 0.144. The van der Waals surface area contributed by atoms with Gasteiger partial charge in [-0.15, -0.1) is 0 Å². The van der Waals surface area contributed by atoms with E-state index in [2.05, 4.69) is 98.9 Å². The van der Waals surface area contributed by atoms with Gasteiger partial charge in [-0.1, -0.05) is 279 Å². The van der Waals surface area contributed by atoms with Crippen LogP contribution in [0.1, 0.15) is 296 Å². The van der Waals surface area contributed by atoms with Crippen LogP contribution >= 0.6 is 0 Å². The van der Waals surface area contributed by atoms with Gasteiger partial charge in [0, 0.05) is 12.8 Å². The molecule has 2 unspecified atom stereocenters. The Labute approximate surface area is 500 Å². The molecular weight excluding hydrogens is 1010 g/mol. The Bertz CT molecular complexity index is 1600. The zero-order chi connectivity index (χ0) is 59.1. The van der Waals surface area contributed by atoms with Crippen molar-refractivity contribution in [1.29, 1.82) is 0 Å². The fourth-order valence-corrected chi connectivity index (χ4v) is 9.48. The van der Waals surface area contributed by atoms with Crippen molar-refractivity contribution in [3.8, 4) is 0 Å². The van der Waals surface area contributed by atoms with Crippen molar-refractivity contribution < 1.29 is 42.9 Å². The molecule has 9 heteroatoms. The van der Waals surface area contributed by atoms with Crippen LogP contribution in [0.5, 0.6) is 0 Å². The van der Waals surface area contributed by atoms with Gasteiger partial charge in [0.2, 0.25) is 0 Å². The number of quaternary nitrogens is 1. The van der Waals surface area contributed by atoms with E-state index in [-0.39, 0.29) is 38.6 Å². The molecule has 0 saturated carbocycles. The molecule has 0 amide bonds. The van der Waals surface area contributed by atoms with Crippen LogP contribution in [-0.2, 0) is 33.3 Å². The Balaban J connectivity index is 4.04. The summed E-state index contributed by atoms with van der Waals surface area (Å²) in [7, 11) is 5.93. The van der Waals surface area contributed by atoms with E-state index in [0.717, 1.165) is 83.5 Å². The maximum atomic E-state index is 12.9. The van der Waals surface area contributed by atoms with E-state index in [9.17, 15) is 19.5 Å². The number of hydrogen-bond acceptors (Lipinski definition) is 8. The summed E-state index contributed by atoms with van der Waals surface area (Å²) in [6.07, 6.45) is 81.0. The van der Waals surface area contributed by atoms with Crippen molar-refractivity contribution in [3.63, 3.8) is 0 Å². The predicted octanol–water partition coefficient (Wildman–Crippen LogP) is 19.4. The Morgan fingerprint density at radius 1 is 0.383 bits per heavy atom. The molecular formula is C72H127NO8. The molecule has 0 aromatic heterocycles. The molecule has 0 rings (SSSR count). The number of hydrogen-bond donors (Lipinski definition) is 0. The number of carbonyl (C=O) groups is 3. The summed E-state index contributed by atoms with van der Waals surface area (Å²) in [6.45, 7) is 4.62. The zero-order valence-electron chi connectivity index (χ0n) is 53.4. The minimum Gasteiger partial charge on any atom is -0.545 e. The van der Waals surface area contributed by atoms with Gasteiger partial charge in [-0.05, 0) is 89.9 Å². The van der Waals surface area contributed by atoms with Crippen molar-refractivity contribution in [2.24, 2.45) is 0 Å². The van der Waals surface area contributed by atoms with Gasteiger partial charge in [-0.2, -0.15) is 0 Å². The highest BCUT2D eigenvalue weighted by molar-refractivity contribution is 5.70. The number of esters is 2. The van der Waals surface area contributed by atoms with Crippen LogP contribution in [0.25, 0.3) is 0 Å². The van der Waals surface area contributed by atoms with Crippen LogP contribution in [0.4, 0.5) is 0 Å². The van der Waals surface area contributed by atoms with Gasteiger partial charge in [0.15, 0.2) is 12.4 Å². The van der Waals surface area contributed by atoms with E-state index < -0.39 is 24.3 Å². The second kappa shape index (κ2) is 62.5. The third-order valence-corrected chi connectivity index (χ3v) is 14.6. The normalized spacial score (nSPS) is 13.2. The van der Waals surface area contributed by atoms with Crippen molar-refractivity contribution in [1.82, 2.24) is 0 Å². The Hall–Kier alpha value is -3.53. The van der Waals surface area contributed by atoms with Crippen LogP contribution in [0.15, 0.2) is 85.1 Å². The van der Waals surface area contributed by atoms with E-state index >= 15 is 0 Å². The highest BCUT2D eigenvalue weighted by Crippen LogP contribution is 2.18. The number of carboxylic acids is 1. The second-order valence-corrected chi connectivity index (χ2v) is 23.7. The minimum atomic E-state index is -1.63. The molecule has 0 saturated heterocycles. The fourth-order valence-electron chi connectivity index (χ4n) is 9.48. The van der Waals surface area contributed by atoms with Gasteiger partial charge in [-0.25, -0.2) is 0 Å². The molecule has 0 N–H and O–H groups in total. The van der Waals surface area contributed by atoms with Gasteiger partial charge in [0.1, 0.15) is 13.2 Å². The molecule has 2 atom stereocenters. The van der Waals surface area contributed by atoms with Gasteiger partial charge in [0.05, 0.1) is 40.3 Å². The molecule has 9 nitrogen and oxygen atoms in total. The number of rotatable bonds is 62. The molecule has 0 bridgehead atoms. The molecule has 0 aliphatic heterocycles. The number of allylic oxidation sites excluding steroid dienone is 14. The molecule has 0 fully saturated rings. The number of likely N-dealkylation sites (N-methyl/N-ethyl adjacent to an activating group) is 1. The van der Waals surface area contributed by atoms with E-state index in [1.807, 2.05) is 21.1 Å². The summed E-state index contributed by atoms with van der Waals surface area (Å²) in [5.74, 6) is -2.29. The summed E-state index contributed by atoms with van der Waals surface area (Å²) in [6, 6.07) is 0. The summed E-state index contributed by atoms with van der Waals surface area (Å²) < 4.78 is 22.8. The first kappa shape index (κ1) is 77.5. The summed E-state index contributed by atoms with van der Waals surface area (Å²) >= 11 is 0. The lowest BCUT2D eigenvalue weighted by atomic mass is 10.0. The third-order valence-electron chi connectivity index (χ3n) is 14.6. The maximum absolute atomic E-state index is 12.9. The first-order chi connectivity index (χ1) is 39.6. The van der Waals surface area contributed by atoms with Crippen LogP contribution in [-0.4, -0.2) is 82.3 Å². The Morgan fingerprint density at radius 2 is 0.704 bits per heavy atom.